The van der Waals surface area contributed by atoms with Gasteiger partial charge in [0.1, 0.15) is 5.75 Å². The molecule has 3 rings (SSSR count). The molecule has 1 aromatic carbocycles. The molecule has 1 aromatic heterocycles. The Balaban J connectivity index is 2.16. The Morgan fingerprint density at radius 3 is 2.68 bits per heavy atom. The lowest BCUT2D eigenvalue weighted by Gasteiger charge is -2.20. The van der Waals surface area contributed by atoms with E-state index >= 15 is 0 Å². The second-order valence-corrected chi connectivity index (χ2v) is 4.09. The van der Waals surface area contributed by atoms with Crippen LogP contribution in [0.3, 0.4) is 0 Å². The number of hydrogen-bond acceptors (Lipinski definition) is 4. The van der Waals surface area contributed by atoms with Gasteiger partial charge in [-0.25, -0.2) is 0 Å². The number of pyridine rings is 1. The Labute approximate surface area is 109 Å². The predicted molar refractivity (Wildman–Crippen MR) is 69.2 cm³/mol. The zero-order valence-corrected chi connectivity index (χ0v) is 9.89. The fourth-order valence-electron chi connectivity index (χ4n) is 2.04. The molecule has 1 aliphatic rings. The third-order valence-corrected chi connectivity index (χ3v) is 2.88. The molecule has 94 valence electrons. The molecule has 0 amide bonds. The highest BCUT2D eigenvalue weighted by atomic mass is 16.7. The molecule has 19 heavy (non-hydrogen) atoms. The maximum absolute atomic E-state index is 11.0. The van der Waals surface area contributed by atoms with Crippen LogP contribution in [0.15, 0.2) is 54.7 Å². The Bertz CT molecular complexity index is 653. The first-order chi connectivity index (χ1) is 9.25. The molecule has 2 aromatic rings. The zero-order valence-electron chi connectivity index (χ0n) is 9.89. The topological polar surface area (TPSA) is 65.3 Å². The molecule has 5 heteroatoms. The fraction of sp³-hybridized carbons (Fsp3) is 0.0714. The summed E-state index contributed by atoms with van der Waals surface area (Å²) in [7, 11) is 0. The van der Waals surface area contributed by atoms with E-state index in [-0.39, 0.29) is 0 Å². The molecule has 2 heterocycles. The number of nitrogens with zero attached hydrogens (tertiary/aromatic N) is 2. The van der Waals surface area contributed by atoms with Crippen LogP contribution in [0.5, 0.6) is 5.75 Å². The molecule has 1 aliphatic heterocycles. The van der Waals surface area contributed by atoms with Crippen LogP contribution in [0.1, 0.15) is 11.3 Å². The van der Waals surface area contributed by atoms with E-state index in [9.17, 15) is 10.1 Å². The highest BCUT2D eigenvalue weighted by molar-refractivity contribution is 5.82. The van der Waals surface area contributed by atoms with E-state index in [1.54, 1.807) is 24.4 Å². The van der Waals surface area contributed by atoms with Crippen molar-refractivity contribution >= 4 is 5.57 Å². The quantitative estimate of drug-likeness (QED) is 0.610. The van der Waals surface area contributed by atoms with Crippen LogP contribution in [0, 0.1) is 10.1 Å². The molecule has 0 saturated heterocycles. The molecule has 0 saturated carbocycles. The van der Waals surface area contributed by atoms with E-state index in [0.717, 1.165) is 11.1 Å². The first kappa shape index (κ1) is 11.4. The maximum Gasteiger partial charge on any atom is 0.374 e. The molecule has 0 aliphatic carbocycles. The minimum atomic E-state index is -1.17. The second kappa shape index (κ2) is 4.53. The van der Waals surface area contributed by atoms with Crippen molar-refractivity contribution in [3.8, 4) is 5.75 Å². The molecule has 1 unspecified atom stereocenters. The van der Waals surface area contributed by atoms with E-state index < -0.39 is 11.2 Å². The summed E-state index contributed by atoms with van der Waals surface area (Å²) in [4.78, 5) is 14.7. The van der Waals surface area contributed by atoms with Crippen LogP contribution in [-0.2, 0) is 0 Å². The van der Waals surface area contributed by atoms with Crippen molar-refractivity contribution in [2.75, 3.05) is 0 Å². The normalized spacial score (nSPS) is 17.1. The van der Waals surface area contributed by atoms with Gasteiger partial charge < -0.3 is 4.74 Å². The minimum Gasteiger partial charge on any atom is -0.426 e. The number of rotatable bonds is 2. The smallest absolute Gasteiger partial charge is 0.374 e. The lowest BCUT2D eigenvalue weighted by atomic mass is 9.98. The highest BCUT2D eigenvalue weighted by Crippen LogP contribution is 2.34. The van der Waals surface area contributed by atoms with Crippen molar-refractivity contribution in [3.05, 3.63) is 76.1 Å². The molecule has 0 spiro atoms. The molecular weight excluding hydrogens is 244 g/mol. The molecule has 0 fully saturated rings. The van der Waals surface area contributed by atoms with Gasteiger partial charge in [0.2, 0.25) is 0 Å². The van der Waals surface area contributed by atoms with Gasteiger partial charge in [0.05, 0.1) is 10.6 Å². The number of fused-ring (bicyclic) bond motifs is 1. The summed E-state index contributed by atoms with van der Waals surface area (Å²) in [5.41, 5.74) is 2.24. The van der Waals surface area contributed by atoms with Crippen molar-refractivity contribution in [1.29, 1.82) is 0 Å². The fourth-order valence-corrected chi connectivity index (χ4v) is 2.04. The Hall–Kier alpha value is -2.69. The summed E-state index contributed by atoms with van der Waals surface area (Å²) in [6, 6.07) is 12.7. The second-order valence-electron chi connectivity index (χ2n) is 4.09. The molecule has 1 atom stereocenters. The number of aromatic nitrogens is 1. The van der Waals surface area contributed by atoms with E-state index in [1.807, 2.05) is 24.3 Å². The summed E-state index contributed by atoms with van der Waals surface area (Å²) < 4.78 is 5.34. The van der Waals surface area contributed by atoms with Crippen LogP contribution < -0.4 is 4.74 Å². The van der Waals surface area contributed by atoms with E-state index in [2.05, 4.69) is 4.98 Å². The zero-order chi connectivity index (χ0) is 13.2. The lowest BCUT2D eigenvalue weighted by Crippen LogP contribution is -2.27. The summed E-state index contributed by atoms with van der Waals surface area (Å²) in [5.74, 6) is 0.507. The number of benzene rings is 1. The Kier molecular flexibility index (Phi) is 2.72. The number of hydrogen-bond donors (Lipinski definition) is 0. The van der Waals surface area contributed by atoms with Crippen molar-refractivity contribution in [3.63, 3.8) is 0 Å². The van der Waals surface area contributed by atoms with Gasteiger partial charge in [0, 0.05) is 23.4 Å². The third kappa shape index (κ3) is 2.06. The van der Waals surface area contributed by atoms with Gasteiger partial charge in [0.25, 0.3) is 0 Å². The van der Waals surface area contributed by atoms with Crippen LogP contribution in [0.2, 0.25) is 0 Å². The van der Waals surface area contributed by atoms with Crippen LogP contribution in [0.4, 0.5) is 0 Å². The molecule has 0 N–H and O–H groups in total. The van der Waals surface area contributed by atoms with Crippen molar-refractivity contribution in [2.45, 2.75) is 6.23 Å². The third-order valence-electron chi connectivity index (χ3n) is 2.88. The standard InChI is InChI=1S/C14H10N2O3/c17-16(18)14-9-11(12-6-3-4-8-15-12)10-5-1-2-7-13(10)19-14/h1-9,14H. The summed E-state index contributed by atoms with van der Waals surface area (Å²) in [6.45, 7) is 0. The van der Waals surface area contributed by atoms with E-state index in [0.29, 0.717) is 11.4 Å². The first-order valence-corrected chi connectivity index (χ1v) is 5.78. The number of nitro groups is 1. The maximum atomic E-state index is 11.0. The van der Waals surface area contributed by atoms with Gasteiger partial charge in [-0.05, 0) is 18.2 Å². The van der Waals surface area contributed by atoms with Crippen molar-refractivity contribution in [1.82, 2.24) is 4.98 Å². The number of para-hydroxylation sites is 1. The lowest BCUT2D eigenvalue weighted by molar-refractivity contribution is -0.548. The number of ether oxygens (including phenoxy) is 1. The van der Waals surface area contributed by atoms with E-state index in [4.69, 9.17) is 4.74 Å². The van der Waals surface area contributed by atoms with Crippen LogP contribution >= 0.6 is 0 Å². The van der Waals surface area contributed by atoms with Gasteiger partial charge >= 0.3 is 6.23 Å². The first-order valence-electron chi connectivity index (χ1n) is 5.78. The van der Waals surface area contributed by atoms with Crippen LogP contribution in [-0.4, -0.2) is 16.1 Å². The monoisotopic (exact) mass is 254 g/mol. The summed E-state index contributed by atoms with van der Waals surface area (Å²) in [6.07, 6.45) is 1.98. The SMILES string of the molecule is O=[N+]([O-])C1C=C(c2ccccn2)c2ccccc2O1. The highest BCUT2D eigenvalue weighted by Gasteiger charge is 2.28. The summed E-state index contributed by atoms with van der Waals surface area (Å²) >= 11 is 0. The minimum absolute atomic E-state index is 0.459. The van der Waals surface area contributed by atoms with Crippen LogP contribution in [0.25, 0.3) is 5.57 Å². The molecule has 5 nitrogen and oxygen atoms in total. The van der Waals surface area contributed by atoms with Gasteiger partial charge in [-0.3, -0.25) is 15.1 Å². The van der Waals surface area contributed by atoms with E-state index in [1.165, 1.54) is 6.08 Å². The molecule has 0 radical (unpaired) electrons. The largest absolute Gasteiger partial charge is 0.426 e. The van der Waals surface area contributed by atoms with Gasteiger partial charge in [-0.15, -0.1) is 0 Å². The van der Waals surface area contributed by atoms with Gasteiger partial charge in [0.15, 0.2) is 0 Å². The van der Waals surface area contributed by atoms with Crippen molar-refractivity contribution < 1.29 is 9.66 Å². The predicted octanol–water partition coefficient (Wildman–Crippen LogP) is 2.51. The van der Waals surface area contributed by atoms with Crippen molar-refractivity contribution in [2.24, 2.45) is 0 Å². The molecular formula is C14H10N2O3. The van der Waals surface area contributed by atoms with Gasteiger partial charge in [-0.1, -0.05) is 24.3 Å². The average Bonchev–Trinajstić information content (AvgIpc) is 2.47. The molecule has 0 bridgehead atoms. The summed E-state index contributed by atoms with van der Waals surface area (Å²) in [5, 5.41) is 11.0. The average molecular weight is 254 g/mol. The van der Waals surface area contributed by atoms with Gasteiger partial charge in [-0.2, -0.15) is 0 Å². The Morgan fingerprint density at radius 2 is 1.95 bits per heavy atom. The Morgan fingerprint density at radius 1 is 1.16 bits per heavy atom.